The van der Waals surface area contributed by atoms with Crippen molar-refractivity contribution in [3.8, 4) is 5.75 Å². The van der Waals surface area contributed by atoms with Crippen LogP contribution in [0.3, 0.4) is 0 Å². The molecule has 2 heterocycles. The van der Waals surface area contributed by atoms with Gasteiger partial charge in [0, 0.05) is 11.8 Å². The van der Waals surface area contributed by atoms with Gasteiger partial charge in [0.25, 0.3) is 5.56 Å². The Balaban J connectivity index is 2.11. The van der Waals surface area contributed by atoms with Gasteiger partial charge in [0.05, 0.1) is 12.6 Å². The molecule has 120 valence electrons. The molecule has 5 heteroatoms. The Kier molecular flexibility index (Phi) is 3.34. The van der Waals surface area contributed by atoms with E-state index in [9.17, 15) is 4.79 Å². The van der Waals surface area contributed by atoms with Crippen LogP contribution in [0.2, 0.25) is 0 Å². The van der Waals surface area contributed by atoms with Gasteiger partial charge in [0.1, 0.15) is 17.1 Å². The lowest BCUT2D eigenvalue weighted by Crippen LogP contribution is -2.15. The van der Waals surface area contributed by atoms with E-state index in [0.717, 1.165) is 33.6 Å². The first-order valence-corrected chi connectivity index (χ1v) is 7.79. The number of hydrogen-bond donors (Lipinski definition) is 1. The molecule has 4 aromatic rings. The Hall–Kier alpha value is -3.08. The molecule has 0 atom stereocenters. The van der Waals surface area contributed by atoms with Crippen LogP contribution in [0.1, 0.15) is 17.0 Å². The van der Waals surface area contributed by atoms with E-state index in [2.05, 4.69) is 22.3 Å². The second-order valence-corrected chi connectivity index (χ2v) is 5.81. The molecule has 0 radical (unpaired) electrons. The number of aromatic amines is 1. The molecule has 5 nitrogen and oxygen atoms in total. The lowest BCUT2D eigenvalue weighted by Gasteiger charge is -2.03. The zero-order chi connectivity index (χ0) is 16.7. The Bertz CT molecular complexity index is 1090. The summed E-state index contributed by atoms with van der Waals surface area (Å²) in [5, 5.41) is 7.73. The monoisotopic (exact) mass is 319 g/mol. The van der Waals surface area contributed by atoms with E-state index in [-0.39, 0.29) is 5.56 Å². The minimum absolute atomic E-state index is 0.179. The fourth-order valence-electron chi connectivity index (χ4n) is 3.25. The highest BCUT2D eigenvalue weighted by atomic mass is 16.5. The van der Waals surface area contributed by atoms with Gasteiger partial charge >= 0.3 is 0 Å². The number of nitrogens with zero attached hydrogens (tertiary/aromatic N) is 2. The number of aromatic nitrogens is 3. The molecule has 1 N–H and O–H groups in total. The quantitative estimate of drug-likeness (QED) is 0.631. The van der Waals surface area contributed by atoms with Crippen molar-refractivity contribution in [2.75, 3.05) is 7.11 Å². The van der Waals surface area contributed by atoms with E-state index in [1.54, 1.807) is 7.11 Å². The number of fused-ring (bicyclic) bond motifs is 3. The smallest absolute Gasteiger partial charge is 0.288 e. The van der Waals surface area contributed by atoms with Crippen molar-refractivity contribution in [3.63, 3.8) is 0 Å². The maximum absolute atomic E-state index is 12.5. The van der Waals surface area contributed by atoms with Crippen molar-refractivity contribution in [2.24, 2.45) is 0 Å². The Labute approximate surface area is 138 Å². The summed E-state index contributed by atoms with van der Waals surface area (Å²) in [6, 6.07) is 16.0. The van der Waals surface area contributed by atoms with Crippen molar-refractivity contribution in [3.05, 3.63) is 75.8 Å². The summed E-state index contributed by atoms with van der Waals surface area (Å²) in [5.74, 6) is 1.52. The zero-order valence-electron chi connectivity index (χ0n) is 13.5. The van der Waals surface area contributed by atoms with Gasteiger partial charge in [-0.15, -0.1) is 0 Å². The van der Waals surface area contributed by atoms with Crippen LogP contribution in [0.5, 0.6) is 5.75 Å². The van der Waals surface area contributed by atoms with Crippen molar-refractivity contribution in [1.82, 2.24) is 14.6 Å². The third kappa shape index (κ3) is 2.17. The maximum atomic E-state index is 12.5. The SMILES string of the molecule is COc1ccc2c(c1)c(Cc1ccccc1)c1c(=O)[nH]nc(C)n12. The summed E-state index contributed by atoms with van der Waals surface area (Å²) < 4.78 is 7.30. The van der Waals surface area contributed by atoms with Gasteiger partial charge in [0.15, 0.2) is 0 Å². The van der Waals surface area contributed by atoms with Crippen LogP contribution >= 0.6 is 0 Å². The fourth-order valence-corrected chi connectivity index (χ4v) is 3.25. The summed E-state index contributed by atoms with van der Waals surface area (Å²) in [6.07, 6.45) is 0.674. The first kappa shape index (κ1) is 14.5. The third-order valence-corrected chi connectivity index (χ3v) is 4.36. The molecule has 0 spiro atoms. The third-order valence-electron chi connectivity index (χ3n) is 4.36. The average Bonchev–Trinajstić information content (AvgIpc) is 2.94. The second kappa shape index (κ2) is 5.53. The first-order chi connectivity index (χ1) is 11.7. The van der Waals surface area contributed by atoms with Crippen LogP contribution in [0, 0.1) is 6.92 Å². The molecule has 0 unspecified atom stereocenters. The Morgan fingerprint density at radius 1 is 1.17 bits per heavy atom. The lowest BCUT2D eigenvalue weighted by molar-refractivity contribution is 0.415. The topological polar surface area (TPSA) is 59.4 Å². The number of hydrogen-bond acceptors (Lipinski definition) is 3. The maximum Gasteiger partial charge on any atom is 0.288 e. The fraction of sp³-hybridized carbons (Fsp3) is 0.158. The Morgan fingerprint density at radius 3 is 2.71 bits per heavy atom. The van der Waals surface area contributed by atoms with Gasteiger partial charge < -0.3 is 4.74 Å². The number of benzene rings is 2. The van der Waals surface area contributed by atoms with Gasteiger partial charge in [-0.3, -0.25) is 9.20 Å². The highest BCUT2D eigenvalue weighted by Gasteiger charge is 2.17. The van der Waals surface area contributed by atoms with Gasteiger partial charge in [0.2, 0.25) is 0 Å². The number of nitrogens with one attached hydrogen (secondary N) is 1. The summed E-state index contributed by atoms with van der Waals surface area (Å²) in [6.45, 7) is 1.89. The van der Waals surface area contributed by atoms with Crippen LogP contribution in [-0.2, 0) is 6.42 Å². The Morgan fingerprint density at radius 2 is 1.96 bits per heavy atom. The number of rotatable bonds is 3. The number of aryl methyl sites for hydroxylation is 1. The summed E-state index contributed by atoms with van der Waals surface area (Å²) in [7, 11) is 1.65. The minimum atomic E-state index is -0.179. The van der Waals surface area contributed by atoms with Crippen LogP contribution in [0.25, 0.3) is 16.4 Å². The highest BCUT2D eigenvalue weighted by molar-refractivity contribution is 5.93. The van der Waals surface area contributed by atoms with Crippen molar-refractivity contribution in [1.29, 1.82) is 0 Å². The van der Waals surface area contributed by atoms with Crippen molar-refractivity contribution < 1.29 is 4.74 Å². The van der Waals surface area contributed by atoms with E-state index in [1.165, 1.54) is 0 Å². The number of methoxy groups -OCH3 is 1. The second-order valence-electron chi connectivity index (χ2n) is 5.81. The van der Waals surface area contributed by atoms with Crippen LogP contribution in [0.15, 0.2) is 53.3 Å². The largest absolute Gasteiger partial charge is 0.497 e. The molecule has 0 aliphatic heterocycles. The standard InChI is InChI=1S/C19H17N3O2/c1-12-20-21-19(23)18-16(10-13-6-4-3-5-7-13)15-11-14(24-2)8-9-17(15)22(12)18/h3-9,11H,10H2,1-2H3,(H,21,23). The predicted molar refractivity (Wildman–Crippen MR) is 93.9 cm³/mol. The molecular weight excluding hydrogens is 302 g/mol. The van der Waals surface area contributed by atoms with Gasteiger partial charge in [-0.2, -0.15) is 5.10 Å². The molecule has 0 fully saturated rings. The van der Waals surface area contributed by atoms with Crippen LogP contribution in [0.4, 0.5) is 0 Å². The molecule has 2 aromatic heterocycles. The van der Waals surface area contributed by atoms with Gasteiger partial charge in [-0.25, -0.2) is 5.10 Å². The molecule has 0 bridgehead atoms. The molecule has 0 aliphatic carbocycles. The van der Waals surface area contributed by atoms with Crippen molar-refractivity contribution >= 4 is 16.4 Å². The van der Waals surface area contributed by atoms with Gasteiger partial charge in [-0.1, -0.05) is 30.3 Å². The molecule has 4 rings (SSSR count). The highest BCUT2D eigenvalue weighted by Crippen LogP contribution is 2.30. The summed E-state index contributed by atoms with van der Waals surface area (Å²) in [5.41, 5.74) is 3.58. The molecule has 0 amide bonds. The van der Waals surface area contributed by atoms with E-state index in [0.29, 0.717) is 11.9 Å². The van der Waals surface area contributed by atoms with E-state index < -0.39 is 0 Å². The van der Waals surface area contributed by atoms with Crippen LogP contribution < -0.4 is 10.3 Å². The van der Waals surface area contributed by atoms with E-state index >= 15 is 0 Å². The average molecular weight is 319 g/mol. The minimum Gasteiger partial charge on any atom is -0.497 e. The number of ether oxygens (including phenoxy) is 1. The van der Waals surface area contributed by atoms with Gasteiger partial charge in [-0.05, 0) is 36.2 Å². The van der Waals surface area contributed by atoms with E-state index in [4.69, 9.17) is 4.74 Å². The number of H-pyrrole nitrogens is 1. The molecule has 0 saturated carbocycles. The molecule has 0 saturated heterocycles. The molecule has 0 aliphatic rings. The van der Waals surface area contributed by atoms with Crippen LogP contribution in [-0.4, -0.2) is 21.7 Å². The predicted octanol–water partition coefficient (Wildman–Crippen LogP) is 3.08. The lowest BCUT2D eigenvalue weighted by atomic mass is 10.0. The zero-order valence-corrected chi connectivity index (χ0v) is 13.5. The molecule has 2 aromatic carbocycles. The molecular formula is C19H17N3O2. The molecule has 24 heavy (non-hydrogen) atoms. The summed E-state index contributed by atoms with van der Waals surface area (Å²) >= 11 is 0. The van der Waals surface area contributed by atoms with E-state index in [1.807, 2.05) is 47.7 Å². The van der Waals surface area contributed by atoms with Crippen molar-refractivity contribution in [2.45, 2.75) is 13.3 Å². The normalized spacial score (nSPS) is 11.2. The first-order valence-electron chi connectivity index (χ1n) is 7.79. The summed E-state index contributed by atoms with van der Waals surface area (Å²) in [4.78, 5) is 12.5.